The summed E-state index contributed by atoms with van der Waals surface area (Å²) in [5.41, 5.74) is 3.64. The van der Waals surface area contributed by atoms with Gasteiger partial charge in [-0.1, -0.05) is 18.2 Å². The van der Waals surface area contributed by atoms with E-state index in [1.807, 2.05) is 41.9 Å². The molecular formula is C17H17N3O4. The SMILES string of the molecule is CC(NC(=O)c1cc2ccccc2n1C)c1coc(C(=O)NO)c1. The van der Waals surface area contributed by atoms with E-state index in [0.717, 1.165) is 10.9 Å². The van der Waals surface area contributed by atoms with Gasteiger partial charge in [-0.05, 0) is 25.1 Å². The van der Waals surface area contributed by atoms with Crippen molar-refractivity contribution in [1.82, 2.24) is 15.4 Å². The van der Waals surface area contributed by atoms with E-state index in [4.69, 9.17) is 9.62 Å². The molecule has 2 heterocycles. The van der Waals surface area contributed by atoms with Gasteiger partial charge in [0.15, 0.2) is 5.76 Å². The molecule has 3 aromatic rings. The van der Waals surface area contributed by atoms with E-state index in [1.165, 1.54) is 17.8 Å². The molecule has 3 rings (SSSR count). The van der Waals surface area contributed by atoms with Crippen LogP contribution in [-0.4, -0.2) is 21.6 Å². The molecule has 0 aliphatic rings. The summed E-state index contributed by atoms with van der Waals surface area (Å²) in [5.74, 6) is -0.998. The minimum Gasteiger partial charge on any atom is -0.459 e. The number of hydrogen-bond acceptors (Lipinski definition) is 4. The average Bonchev–Trinajstić information content (AvgIpc) is 3.20. The van der Waals surface area contributed by atoms with Crippen molar-refractivity contribution in [2.45, 2.75) is 13.0 Å². The summed E-state index contributed by atoms with van der Waals surface area (Å²) in [6.45, 7) is 1.78. The van der Waals surface area contributed by atoms with Crippen LogP contribution in [0.2, 0.25) is 0 Å². The number of carbonyl (C=O) groups excluding carboxylic acids is 2. The molecule has 24 heavy (non-hydrogen) atoms. The van der Waals surface area contributed by atoms with Gasteiger partial charge < -0.3 is 14.3 Å². The summed E-state index contributed by atoms with van der Waals surface area (Å²) >= 11 is 0. The van der Waals surface area contributed by atoms with Crippen LogP contribution in [0, 0.1) is 0 Å². The standard InChI is InChI=1S/C17H17N3O4/c1-10(12-8-15(24-9-12)17(22)19-23)18-16(21)14-7-11-5-3-4-6-13(11)20(14)2/h3-10,23H,1-2H3,(H,18,21)(H,19,22). The van der Waals surface area contributed by atoms with Crippen molar-refractivity contribution in [1.29, 1.82) is 0 Å². The highest BCUT2D eigenvalue weighted by Crippen LogP contribution is 2.20. The first kappa shape index (κ1) is 15.8. The zero-order valence-corrected chi connectivity index (χ0v) is 13.2. The number of hydroxylamine groups is 1. The Morgan fingerprint density at radius 2 is 1.96 bits per heavy atom. The Morgan fingerprint density at radius 3 is 2.67 bits per heavy atom. The third-order valence-corrected chi connectivity index (χ3v) is 3.98. The second-order valence-electron chi connectivity index (χ2n) is 5.53. The quantitative estimate of drug-likeness (QED) is 0.506. The van der Waals surface area contributed by atoms with Crippen molar-refractivity contribution < 1.29 is 19.2 Å². The highest BCUT2D eigenvalue weighted by Gasteiger charge is 2.19. The summed E-state index contributed by atoms with van der Waals surface area (Å²) in [7, 11) is 1.84. The fourth-order valence-corrected chi connectivity index (χ4v) is 2.61. The molecule has 0 saturated carbocycles. The molecule has 2 amide bonds. The van der Waals surface area contributed by atoms with Crippen LogP contribution in [0.1, 0.15) is 39.6 Å². The molecule has 0 radical (unpaired) electrons. The van der Waals surface area contributed by atoms with E-state index in [0.29, 0.717) is 11.3 Å². The van der Waals surface area contributed by atoms with Crippen LogP contribution in [0.4, 0.5) is 0 Å². The molecule has 1 aromatic carbocycles. The van der Waals surface area contributed by atoms with E-state index in [1.54, 1.807) is 6.92 Å². The van der Waals surface area contributed by atoms with Crippen molar-refractivity contribution in [3.63, 3.8) is 0 Å². The predicted octanol–water partition coefficient (Wildman–Crippen LogP) is 2.38. The predicted molar refractivity (Wildman–Crippen MR) is 86.8 cm³/mol. The van der Waals surface area contributed by atoms with Gasteiger partial charge in [-0.15, -0.1) is 0 Å². The van der Waals surface area contributed by atoms with E-state index in [9.17, 15) is 9.59 Å². The summed E-state index contributed by atoms with van der Waals surface area (Å²) in [6, 6.07) is 10.7. The lowest BCUT2D eigenvalue weighted by Crippen LogP contribution is -2.28. The number of carbonyl (C=O) groups is 2. The van der Waals surface area contributed by atoms with Crippen LogP contribution in [0.5, 0.6) is 0 Å². The minimum absolute atomic E-state index is 0.0294. The molecule has 7 heteroatoms. The lowest BCUT2D eigenvalue weighted by Gasteiger charge is -2.12. The molecule has 0 saturated heterocycles. The van der Waals surface area contributed by atoms with Gasteiger partial charge in [0.05, 0.1) is 12.3 Å². The van der Waals surface area contributed by atoms with Gasteiger partial charge in [-0.25, -0.2) is 5.48 Å². The lowest BCUT2D eigenvalue weighted by atomic mass is 10.1. The number of amides is 2. The molecule has 0 spiro atoms. The van der Waals surface area contributed by atoms with E-state index >= 15 is 0 Å². The maximum absolute atomic E-state index is 12.5. The van der Waals surface area contributed by atoms with Crippen molar-refractivity contribution in [2.24, 2.45) is 7.05 Å². The van der Waals surface area contributed by atoms with Crippen molar-refractivity contribution >= 4 is 22.7 Å². The second-order valence-corrected chi connectivity index (χ2v) is 5.53. The highest BCUT2D eigenvalue weighted by atomic mass is 16.5. The second kappa shape index (κ2) is 6.21. The molecule has 0 aliphatic carbocycles. The van der Waals surface area contributed by atoms with Gasteiger partial charge >= 0.3 is 5.91 Å². The van der Waals surface area contributed by atoms with Gasteiger partial charge in [0.2, 0.25) is 0 Å². The molecule has 0 bridgehead atoms. The van der Waals surface area contributed by atoms with Gasteiger partial charge in [0.1, 0.15) is 5.69 Å². The summed E-state index contributed by atoms with van der Waals surface area (Å²) in [4.78, 5) is 23.8. The van der Waals surface area contributed by atoms with Gasteiger partial charge in [0, 0.05) is 23.5 Å². The number of nitrogens with zero attached hydrogens (tertiary/aromatic N) is 1. The Kier molecular flexibility index (Phi) is 4.09. The van der Waals surface area contributed by atoms with E-state index in [-0.39, 0.29) is 17.7 Å². The molecule has 1 unspecified atom stereocenters. The van der Waals surface area contributed by atoms with Crippen LogP contribution in [-0.2, 0) is 7.05 Å². The van der Waals surface area contributed by atoms with E-state index in [2.05, 4.69) is 5.32 Å². The number of para-hydroxylation sites is 1. The van der Waals surface area contributed by atoms with E-state index < -0.39 is 5.91 Å². The zero-order chi connectivity index (χ0) is 17.3. The lowest BCUT2D eigenvalue weighted by molar-refractivity contribution is 0.0676. The Bertz CT molecular complexity index is 910. The first-order valence-electron chi connectivity index (χ1n) is 7.39. The van der Waals surface area contributed by atoms with Crippen LogP contribution < -0.4 is 10.8 Å². The fourth-order valence-electron chi connectivity index (χ4n) is 2.61. The number of hydrogen-bond donors (Lipinski definition) is 3. The van der Waals surface area contributed by atoms with Crippen molar-refractivity contribution in [3.05, 3.63) is 59.7 Å². The van der Waals surface area contributed by atoms with Gasteiger partial charge in [0.25, 0.3) is 5.91 Å². The van der Waals surface area contributed by atoms with Crippen molar-refractivity contribution in [3.8, 4) is 0 Å². The highest BCUT2D eigenvalue weighted by molar-refractivity contribution is 5.99. The van der Waals surface area contributed by atoms with Crippen LogP contribution in [0.15, 0.2) is 47.1 Å². The molecule has 124 valence electrons. The maximum Gasteiger partial charge on any atom is 0.310 e. The third kappa shape index (κ3) is 2.77. The monoisotopic (exact) mass is 327 g/mol. The largest absolute Gasteiger partial charge is 0.459 e. The average molecular weight is 327 g/mol. The molecule has 2 aromatic heterocycles. The molecule has 7 nitrogen and oxygen atoms in total. The molecule has 1 atom stereocenters. The number of fused-ring (bicyclic) bond motifs is 1. The van der Waals surface area contributed by atoms with Gasteiger partial charge in [-0.2, -0.15) is 0 Å². The zero-order valence-electron chi connectivity index (χ0n) is 13.2. The number of benzene rings is 1. The number of nitrogens with one attached hydrogen (secondary N) is 2. The molecule has 0 aliphatic heterocycles. The smallest absolute Gasteiger partial charge is 0.310 e. The Labute approximate surface area is 137 Å². The topological polar surface area (TPSA) is 96.5 Å². The van der Waals surface area contributed by atoms with Crippen LogP contribution in [0.25, 0.3) is 10.9 Å². The fraction of sp³-hybridized carbons (Fsp3) is 0.176. The number of rotatable bonds is 4. The Balaban J connectivity index is 1.79. The number of furan rings is 1. The first-order valence-corrected chi connectivity index (χ1v) is 7.39. The summed E-state index contributed by atoms with van der Waals surface area (Å²) in [6.07, 6.45) is 1.37. The molecular weight excluding hydrogens is 310 g/mol. The maximum atomic E-state index is 12.5. The number of aryl methyl sites for hydroxylation is 1. The van der Waals surface area contributed by atoms with Crippen LogP contribution in [0.3, 0.4) is 0 Å². The van der Waals surface area contributed by atoms with Crippen molar-refractivity contribution in [2.75, 3.05) is 0 Å². The Hall–Kier alpha value is -3.06. The van der Waals surface area contributed by atoms with Crippen LogP contribution >= 0.6 is 0 Å². The first-order chi connectivity index (χ1) is 11.5. The molecule has 0 fully saturated rings. The summed E-state index contributed by atoms with van der Waals surface area (Å²) < 4.78 is 6.90. The van der Waals surface area contributed by atoms with Gasteiger partial charge in [-0.3, -0.25) is 14.8 Å². The minimum atomic E-state index is -0.742. The number of aromatic nitrogens is 1. The Morgan fingerprint density at radius 1 is 1.21 bits per heavy atom. The molecule has 3 N–H and O–H groups in total. The normalized spacial score (nSPS) is 12.1. The summed E-state index contributed by atoms with van der Waals surface area (Å²) in [5, 5.41) is 12.5. The third-order valence-electron chi connectivity index (χ3n) is 3.98.